The molecule has 1 aliphatic heterocycles. The van der Waals surface area contributed by atoms with Crippen molar-refractivity contribution in [2.45, 2.75) is 52.2 Å². The molecular weight excluding hydrogens is 334 g/mol. The van der Waals surface area contributed by atoms with Crippen molar-refractivity contribution in [2.24, 2.45) is 0 Å². The molecule has 1 aliphatic rings. The van der Waals surface area contributed by atoms with E-state index in [2.05, 4.69) is 15.5 Å². The smallest absolute Gasteiger partial charge is 0.220 e. The van der Waals surface area contributed by atoms with E-state index < -0.39 is 0 Å². The van der Waals surface area contributed by atoms with Gasteiger partial charge in [-0.25, -0.2) is 0 Å². The summed E-state index contributed by atoms with van der Waals surface area (Å²) < 4.78 is 16.7. The SMILES string of the molecule is Cc1ccc(O[C@@H]2CCOC[C@@H]2NC(=O)CCc2c(C)noc2C)cn1. The normalized spacial score (nSPS) is 20.0. The minimum Gasteiger partial charge on any atom is -0.486 e. The summed E-state index contributed by atoms with van der Waals surface area (Å²) in [4.78, 5) is 16.6. The van der Waals surface area contributed by atoms with E-state index in [1.54, 1.807) is 6.20 Å². The molecule has 2 atom stereocenters. The van der Waals surface area contributed by atoms with Crippen LogP contribution < -0.4 is 10.1 Å². The zero-order valence-corrected chi connectivity index (χ0v) is 15.4. The van der Waals surface area contributed by atoms with Crippen molar-refractivity contribution in [3.63, 3.8) is 0 Å². The number of aryl methyl sites for hydroxylation is 3. The Bertz CT molecular complexity index is 722. The number of nitrogens with one attached hydrogen (secondary N) is 1. The molecule has 1 N–H and O–H groups in total. The number of ether oxygens (including phenoxy) is 2. The maximum atomic E-state index is 12.4. The summed E-state index contributed by atoms with van der Waals surface area (Å²) in [5.41, 5.74) is 2.77. The number of nitrogens with zero attached hydrogens (tertiary/aromatic N) is 2. The van der Waals surface area contributed by atoms with Crippen LogP contribution in [-0.2, 0) is 16.0 Å². The monoisotopic (exact) mass is 359 g/mol. The van der Waals surface area contributed by atoms with Crippen molar-refractivity contribution >= 4 is 5.91 Å². The molecule has 1 amide bonds. The molecule has 3 heterocycles. The second-order valence-corrected chi connectivity index (χ2v) is 6.63. The van der Waals surface area contributed by atoms with Crippen LogP contribution in [0, 0.1) is 20.8 Å². The van der Waals surface area contributed by atoms with Crippen LogP contribution in [0.5, 0.6) is 5.75 Å². The van der Waals surface area contributed by atoms with Crippen LogP contribution in [0.15, 0.2) is 22.9 Å². The number of hydrogen-bond donors (Lipinski definition) is 1. The van der Waals surface area contributed by atoms with E-state index >= 15 is 0 Å². The molecule has 0 aromatic carbocycles. The van der Waals surface area contributed by atoms with Crippen molar-refractivity contribution in [2.75, 3.05) is 13.2 Å². The van der Waals surface area contributed by atoms with E-state index in [0.29, 0.717) is 31.8 Å². The molecule has 0 unspecified atom stereocenters. The first-order valence-corrected chi connectivity index (χ1v) is 8.91. The molecule has 2 aromatic rings. The van der Waals surface area contributed by atoms with Gasteiger partial charge in [-0.05, 0) is 39.3 Å². The van der Waals surface area contributed by atoms with Crippen molar-refractivity contribution in [3.05, 3.63) is 41.0 Å². The van der Waals surface area contributed by atoms with E-state index in [-0.39, 0.29) is 18.1 Å². The van der Waals surface area contributed by atoms with E-state index in [1.165, 1.54) is 0 Å². The van der Waals surface area contributed by atoms with Gasteiger partial charge in [0.2, 0.25) is 5.91 Å². The van der Waals surface area contributed by atoms with Gasteiger partial charge in [0.05, 0.1) is 31.1 Å². The van der Waals surface area contributed by atoms with E-state index in [4.69, 9.17) is 14.0 Å². The number of carbonyl (C=O) groups excluding carboxylic acids is 1. The third-order valence-electron chi connectivity index (χ3n) is 4.59. The molecule has 2 aromatic heterocycles. The zero-order valence-electron chi connectivity index (χ0n) is 15.4. The molecular formula is C19H25N3O4. The van der Waals surface area contributed by atoms with Gasteiger partial charge in [0.15, 0.2) is 0 Å². The average molecular weight is 359 g/mol. The number of pyridine rings is 1. The maximum Gasteiger partial charge on any atom is 0.220 e. The summed E-state index contributed by atoms with van der Waals surface area (Å²) in [5.74, 6) is 1.44. The van der Waals surface area contributed by atoms with Crippen LogP contribution >= 0.6 is 0 Å². The molecule has 0 spiro atoms. The Hall–Kier alpha value is -2.41. The Morgan fingerprint density at radius 3 is 2.88 bits per heavy atom. The third kappa shape index (κ3) is 4.60. The number of carbonyl (C=O) groups is 1. The first kappa shape index (κ1) is 18.4. The van der Waals surface area contributed by atoms with Crippen LogP contribution in [0.4, 0.5) is 0 Å². The lowest BCUT2D eigenvalue weighted by atomic mass is 10.0. The fourth-order valence-corrected chi connectivity index (χ4v) is 3.07. The summed E-state index contributed by atoms with van der Waals surface area (Å²) in [7, 11) is 0. The van der Waals surface area contributed by atoms with E-state index in [0.717, 1.165) is 29.1 Å². The van der Waals surface area contributed by atoms with Crippen LogP contribution in [0.1, 0.15) is 35.6 Å². The summed E-state index contributed by atoms with van der Waals surface area (Å²) >= 11 is 0. The third-order valence-corrected chi connectivity index (χ3v) is 4.59. The van der Waals surface area contributed by atoms with Gasteiger partial charge < -0.3 is 19.3 Å². The Morgan fingerprint density at radius 2 is 2.19 bits per heavy atom. The summed E-state index contributed by atoms with van der Waals surface area (Å²) in [5, 5.41) is 6.96. The van der Waals surface area contributed by atoms with Crippen molar-refractivity contribution in [1.82, 2.24) is 15.5 Å². The maximum absolute atomic E-state index is 12.4. The van der Waals surface area contributed by atoms with Gasteiger partial charge in [0.1, 0.15) is 17.6 Å². The highest BCUT2D eigenvalue weighted by Crippen LogP contribution is 2.18. The lowest BCUT2D eigenvalue weighted by Crippen LogP contribution is -2.51. The molecule has 7 heteroatoms. The van der Waals surface area contributed by atoms with Crippen molar-refractivity contribution in [1.29, 1.82) is 0 Å². The van der Waals surface area contributed by atoms with Crippen molar-refractivity contribution in [3.8, 4) is 5.75 Å². The topological polar surface area (TPSA) is 86.5 Å². The highest BCUT2D eigenvalue weighted by molar-refractivity contribution is 5.76. The van der Waals surface area contributed by atoms with Crippen LogP contribution in [0.2, 0.25) is 0 Å². The van der Waals surface area contributed by atoms with Crippen molar-refractivity contribution < 1.29 is 18.8 Å². The Kier molecular flexibility index (Phi) is 5.88. The highest BCUT2D eigenvalue weighted by atomic mass is 16.5. The molecule has 1 fully saturated rings. The molecule has 1 saturated heterocycles. The number of rotatable bonds is 6. The predicted octanol–water partition coefficient (Wildman–Crippen LogP) is 2.28. The fourth-order valence-electron chi connectivity index (χ4n) is 3.07. The molecule has 7 nitrogen and oxygen atoms in total. The fraction of sp³-hybridized carbons (Fsp3) is 0.526. The van der Waals surface area contributed by atoms with Crippen LogP contribution in [-0.4, -0.2) is 41.4 Å². The molecule has 0 bridgehead atoms. The van der Waals surface area contributed by atoms with Gasteiger partial charge in [-0.15, -0.1) is 0 Å². The molecule has 0 saturated carbocycles. The molecule has 3 rings (SSSR count). The Morgan fingerprint density at radius 1 is 1.35 bits per heavy atom. The Labute approximate surface area is 153 Å². The van der Waals surface area contributed by atoms with E-state index in [9.17, 15) is 4.79 Å². The van der Waals surface area contributed by atoms with Gasteiger partial charge in [-0.1, -0.05) is 5.16 Å². The summed E-state index contributed by atoms with van der Waals surface area (Å²) in [6.07, 6.45) is 3.28. The lowest BCUT2D eigenvalue weighted by molar-refractivity contribution is -0.124. The highest BCUT2D eigenvalue weighted by Gasteiger charge is 2.29. The van der Waals surface area contributed by atoms with Gasteiger partial charge in [0, 0.05) is 24.1 Å². The first-order valence-electron chi connectivity index (χ1n) is 8.91. The number of hydrogen-bond acceptors (Lipinski definition) is 6. The van der Waals surface area contributed by atoms with Gasteiger partial charge >= 0.3 is 0 Å². The second-order valence-electron chi connectivity index (χ2n) is 6.63. The number of aromatic nitrogens is 2. The molecule has 0 aliphatic carbocycles. The molecule has 0 radical (unpaired) electrons. The zero-order chi connectivity index (χ0) is 18.5. The Balaban J connectivity index is 1.55. The van der Waals surface area contributed by atoms with Crippen LogP contribution in [0.25, 0.3) is 0 Å². The predicted molar refractivity (Wildman–Crippen MR) is 95.1 cm³/mol. The summed E-state index contributed by atoms with van der Waals surface area (Å²) in [6, 6.07) is 3.63. The largest absolute Gasteiger partial charge is 0.486 e. The standard InChI is InChI=1S/C19H25N3O4/c1-12-4-5-15(10-20-12)25-18-8-9-24-11-17(18)21-19(23)7-6-16-13(2)22-26-14(16)3/h4-5,10,17-18H,6-9,11H2,1-3H3,(H,21,23)/t17-,18+/m0/s1. The first-order chi connectivity index (χ1) is 12.5. The minimum atomic E-state index is -0.178. The lowest BCUT2D eigenvalue weighted by Gasteiger charge is -2.32. The minimum absolute atomic E-state index is 0.0314. The second kappa shape index (κ2) is 8.31. The van der Waals surface area contributed by atoms with Crippen LogP contribution in [0.3, 0.4) is 0 Å². The van der Waals surface area contributed by atoms with E-state index in [1.807, 2.05) is 32.9 Å². The molecule has 26 heavy (non-hydrogen) atoms. The summed E-state index contributed by atoms with van der Waals surface area (Å²) in [6.45, 7) is 6.75. The van der Waals surface area contributed by atoms with Gasteiger partial charge in [0.25, 0.3) is 0 Å². The molecule has 140 valence electrons. The number of amides is 1. The quantitative estimate of drug-likeness (QED) is 0.851. The van der Waals surface area contributed by atoms with Gasteiger partial charge in [-0.3, -0.25) is 9.78 Å². The van der Waals surface area contributed by atoms with Gasteiger partial charge in [-0.2, -0.15) is 0 Å². The average Bonchev–Trinajstić information content (AvgIpc) is 2.95.